The van der Waals surface area contributed by atoms with Crippen molar-refractivity contribution in [2.24, 2.45) is 11.5 Å². The largest absolute Gasteiger partial charge is 0.382 e. The van der Waals surface area contributed by atoms with E-state index in [0.29, 0.717) is 17.1 Å². The lowest BCUT2D eigenvalue weighted by atomic mass is 9.96. The van der Waals surface area contributed by atoms with Crippen LogP contribution in [0.2, 0.25) is 0 Å². The normalized spacial score (nSPS) is 11.0. The third-order valence-corrected chi connectivity index (χ3v) is 5.87. The summed E-state index contributed by atoms with van der Waals surface area (Å²) in [6.07, 6.45) is 3.49. The summed E-state index contributed by atoms with van der Waals surface area (Å²) < 4.78 is 14.6. The van der Waals surface area contributed by atoms with Gasteiger partial charge in [-0.25, -0.2) is 9.18 Å². The van der Waals surface area contributed by atoms with Crippen LogP contribution in [0, 0.1) is 5.82 Å². The van der Waals surface area contributed by atoms with Crippen molar-refractivity contribution in [3.8, 4) is 22.3 Å². The number of fused-ring (bicyclic) bond motifs is 1. The molecule has 2 heterocycles. The predicted octanol–water partition coefficient (Wildman–Crippen LogP) is 4.69. The second-order valence-corrected chi connectivity index (χ2v) is 7.97. The zero-order valence-electron chi connectivity index (χ0n) is 18.6. The topological polar surface area (TPSA) is 140 Å². The molecule has 0 unspecified atom stereocenters. The average Bonchev–Trinajstić information content (AvgIpc) is 3.27. The smallest absolute Gasteiger partial charge is 0.323 e. The Balaban J connectivity index is 1.58. The number of primary amides is 1. The number of urea groups is 1. The minimum absolute atomic E-state index is 0.0375. The first kappa shape index (κ1) is 22.1. The van der Waals surface area contributed by atoms with Crippen molar-refractivity contribution < 1.29 is 9.18 Å². The molecule has 0 radical (unpaired) electrons. The number of hydrogen-bond acceptors (Lipinski definition) is 5. The van der Waals surface area contributed by atoms with Crippen LogP contribution in [0.15, 0.2) is 79.1 Å². The predicted molar refractivity (Wildman–Crippen MR) is 135 cm³/mol. The van der Waals surface area contributed by atoms with Crippen LogP contribution in [-0.2, 0) is 6.54 Å². The number of carbonyl (C=O) groups excluding carboxylic acids is 1. The number of nitrogens with zero attached hydrogens (tertiary/aromatic N) is 3. The Morgan fingerprint density at radius 3 is 2.46 bits per heavy atom. The molecule has 0 fully saturated rings. The lowest BCUT2D eigenvalue weighted by Gasteiger charge is -2.22. The van der Waals surface area contributed by atoms with E-state index in [-0.39, 0.29) is 12.2 Å². The van der Waals surface area contributed by atoms with Gasteiger partial charge in [-0.1, -0.05) is 36.4 Å². The number of halogens is 1. The highest BCUT2D eigenvalue weighted by Crippen LogP contribution is 2.38. The molecule has 2 amide bonds. The van der Waals surface area contributed by atoms with Crippen LogP contribution in [0.25, 0.3) is 33.2 Å². The molecule has 8 nitrogen and oxygen atoms in total. The second-order valence-electron chi connectivity index (χ2n) is 7.97. The molecule has 7 N–H and O–H groups in total. The summed E-state index contributed by atoms with van der Waals surface area (Å²) in [6, 6.07) is 18.3. The van der Waals surface area contributed by atoms with Crippen molar-refractivity contribution in [2.45, 2.75) is 6.54 Å². The van der Waals surface area contributed by atoms with Crippen LogP contribution in [0.4, 0.5) is 26.4 Å². The molecule has 0 saturated heterocycles. The molecule has 0 atom stereocenters. The fraction of sp³-hybridized carbons (Fsp3) is 0.0385. The summed E-state index contributed by atoms with van der Waals surface area (Å²) in [4.78, 5) is 17.6. The van der Waals surface area contributed by atoms with Gasteiger partial charge in [0.1, 0.15) is 5.82 Å². The van der Waals surface area contributed by atoms with Crippen molar-refractivity contribution in [1.82, 2.24) is 15.2 Å². The van der Waals surface area contributed by atoms with Crippen molar-refractivity contribution in [2.75, 3.05) is 10.6 Å². The number of benzene rings is 3. The van der Waals surface area contributed by atoms with Crippen LogP contribution in [0.1, 0.15) is 5.56 Å². The van der Waals surface area contributed by atoms with E-state index < -0.39 is 11.8 Å². The van der Waals surface area contributed by atoms with E-state index >= 15 is 0 Å². The van der Waals surface area contributed by atoms with Gasteiger partial charge in [0.15, 0.2) is 5.82 Å². The van der Waals surface area contributed by atoms with Gasteiger partial charge < -0.3 is 17.2 Å². The molecule has 0 saturated carbocycles. The Hall–Kier alpha value is -4.76. The summed E-state index contributed by atoms with van der Waals surface area (Å²) in [5.41, 5.74) is 23.0. The maximum Gasteiger partial charge on any atom is 0.323 e. The fourth-order valence-electron chi connectivity index (χ4n) is 4.19. The highest BCUT2D eigenvalue weighted by atomic mass is 19.1. The quantitative estimate of drug-likeness (QED) is 0.297. The minimum Gasteiger partial charge on any atom is -0.382 e. The number of H-pyrrole nitrogens is 1. The number of nitrogens with two attached hydrogens (primary N) is 3. The number of aromatic nitrogens is 3. The van der Waals surface area contributed by atoms with Gasteiger partial charge >= 0.3 is 6.03 Å². The molecular formula is C26H22FN7O. The van der Waals surface area contributed by atoms with Gasteiger partial charge in [-0.05, 0) is 47.0 Å². The second kappa shape index (κ2) is 8.88. The molecule has 5 aromatic rings. The van der Waals surface area contributed by atoms with Gasteiger partial charge in [-0.3, -0.25) is 15.0 Å². The molecule has 3 aromatic carbocycles. The van der Waals surface area contributed by atoms with Gasteiger partial charge in [0.05, 0.1) is 22.3 Å². The molecule has 0 bridgehead atoms. The van der Waals surface area contributed by atoms with Crippen LogP contribution >= 0.6 is 0 Å². The van der Waals surface area contributed by atoms with Crippen molar-refractivity contribution in [3.63, 3.8) is 0 Å². The van der Waals surface area contributed by atoms with Gasteiger partial charge in [0, 0.05) is 30.1 Å². The minimum atomic E-state index is -0.812. The van der Waals surface area contributed by atoms with E-state index in [0.717, 1.165) is 38.1 Å². The standard InChI is InChI=1S/C26H22FN7O/c27-21-10-3-15(13-28)12-22(21)34(26(30)35)18-6-4-16(5-7-18)19-8-9-20(17-2-1-11-31-14-17)24-23(19)25(29)33-32-24/h1-12,14H,13,28H2,(H2,30,35)(H3,29,32,33). The third kappa shape index (κ3) is 3.94. The van der Waals surface area contributed by atoms with Crippen molar-refractivity contribution >= 4 is 34.1 Å². The number of nitrogen functional groups attached to an aromatic ring is 1. The SMILES string of the molecule is NCc1ccc(F)c(N(C(N)=O)c2ccc(-c3ccc(-c4cccnc4)c4[nH]nc(N)c34)cc2)c1. The molecule has 35 heavy (non-hydrogen) atoms. The van der Waals surface area contributed by atoms with Crippen LogP contribution in [0.5, 0.6) is 0 Å². The third-order valence-electron chi connectivity index (χ3n) is 5.87. The van der Waals surface area contributed by atoms with E-state index in [4.69, 9.17) is 17.2 Å². The highest BCUT2D eigenvalue weighted by molar-refractivity contribution is 6.08. The Morgan fingerprint density at radius 2 is 1.77 bits per heavy atom. The van der Waals surface area contributed by atoms with Gasteiger partial charge in [0.2, 0.25) is 0 Å². The zero-order valence-corrected chi connectivity index (χ0v) is 18.6. The summed E-state index contributed by atoms with van der Waals surface area (Å²) in [7, 11) is 0. The molecule has 2 aromatic heterocycles. The number of pyridine rings is 1. The maximum absolute atomic E-state index is 14.6. The van der Waals surface area contributed by atoms with E-state index in [1.165, 1.54) is 12.1 Å². The molecule has 0 spiro atoms. The summed E-state index contributed by atoms with van der Waals surface area (Å²) >= 11 is 0. The molecule has 0 aliphatic heterocycles. The Morgan fingerprint density at radius 1 is 1.00 bits per heavy atom. The van der Waals surface area contributed by atoms with Crippen LogP contribution in [0.3, 0.4) is 0 Å². The van der Waals surface area contributed by atoms with Crippen LogP contribution in [-0.4, -0.2) is 21.2 Å². The number of carbonyl (C=O) groups is 1. The Kier molecular flexibility index (Phi) is 5.60. The monoisotopic (exact) mass is 467 g/mol. The summed E-state index contributed by atoms with van der Waals surface area (Å²) in [5, 5.41) is 8.01. The summed E-state index contributed by atoms with van der Waals surface area (Å²) in [6.45, 7) is 0.204. The number of amides is 2. The molecule has 0 aliphatic carbocycles. The zero-order chi connectivity index (χ0) is 24.5. The summed E-state index contributed by atoms with van der Waals surface area (Å²) in [5.74, 6) is -0.215. The van der Waals surface area contributed by atoms with Gasteiger partial charge in [-0.15, -0.1) is 0 Å². The Bertz CT molecular complexity index is 1530. The number of anilines is 3. The molecule has 9 heteroatoms. The number of hydrogen-bond donors (Lipinski definition) is 4. The molecular weight excluding hydrogens is 445 g/mol. The average molecular weight is 468 g/mol. The van der Waals surface area contributed by atoms with E-state index in [2.05, 4.69) is 15.2 Å². The van der Waals surface area contributed by atoms with Gasteiger partial charge in [-0.2, -0.15) is 5.10 Å². The number of aromatic amines is 1. The molecule has 5 rings (SSSR count). The highest BCUT2D eigenvalue weighted by Gasteiger charge is 2.20. The first-order valence-electron chi connectivity index (χ1n) is 10.8. The lowest BCUT2D eigenvalue weighted by Crippen LogP contribution is -2.32. The lowest BCUT2D eigenvalue weighted by molar-refractivity contribution is 0.256. The molecule has 174 valence electrons. The van der Waals surface area contributed by atoms with Crippen LogP contribution < -0.4 is 22.1 Å². The Labute approximate surface area is 200 Å². The van der Waals surface area contributed by atoms with E-state index in [1.54, 1.807) is 30.6 Å². The number of nitrogens with one attached hydrogen (secondary N) is 1. The maximum atomic E-state index is 14.6. The van der Waals surface area contributed by atoms with E-state index in [1.807, 2.05) is 36.4 Å². The van der Waals surface area contributed by atoms with Gasteiger partial charge in [0.25, 0.3) is 0 Å². The van der Waals surface area contributed by atoms with Crippen molar-refractivity contribution in [3.05, 3.63) is 90.5 Å². The molecule has 0 aliphatic rings. The number of rotatable bonds is 5. The van der Waals surface area contributed by atoms with Crippen molar-refractivity contribution in [1.29, 1.82) is 0 Å². The first-order chi connectivity index (χ1) is 17.0. The first-order valence-corrected chi connectivity index (χ1v) is 10.8. The van der Waals surface area contributed by atoms with E-state index in [9.17, 15) is 9.18 Å². The fourth-order valence-corrected chi connectivity index (χ4v) is 4.19.